The van der Waals surface area contributed by atoms with Gasteiger partial charge in [0.1, 0.15) is 23.9 Å². The minimum Gasteiger partial charge on any atom is -0.339 e. The largest absolute Gasteiger partial charge is 0.399 e. The van der Waals surface area contributed by atoms with Gasteiger partial charge < -0.3 is 20.9 Å². The first-order chi connectivity index (χ1) is 18.0. The van der Waals surface area contributed by atoms with Crippen LogP contribution in [-0.2, 0) is 19.2 Å². The zero-order valence-corrected chi connectivity index (χ0v) is 23.0. The molecule has 1 aromatic rings. The molecule has 1 aliphatic carbocycles. The first-order valence-corrected chi connectivity index (χ1v) is 13.0. The molecule has 3 heterocycles. The highest BCUT2D eigenvalue weighted by atomic mass is 35.5. The summed E-state index contributed by atoms with van der Waals surface area (Å²) in [6.07, 6.45) is 1.53. The van der Waals surface area contributed by atoms with Crippen molar-refractivity contribution in [2.45, 2.75) is 70.5 Å². The normalized spacial score (nSPS) is 26.4. The van der Waals surface area contributed by atoms with Crippen molar-refractivity contribution in [2.24, 2.45) is 22.7 Å². The Bertz CT molecular complexity index is 1250. The van der Waals surface area contributed by atoms with E-state index in [-0.39, 0.29) is 36.1 Å². The molecule has 1 saturated carbocycles. The van der Waals surface area contributed by atoms with Crippen LogP contribution in [0.1, 0.15) is 52.5 Å². The Morgan fingerprint density at radius 3 is 2.56 bits per heavy atom. The number of pyridine rings is 1. The lowest BCUT2D eigenvalue weighted by Crippen LogP contribution is -2.61. The monoisotopic (exact) mass is 564 g/mol. The van der Waals surface area contributed by atoms with E-state index in [1.165, 1.54) is 11.1 Å². The molecular formula is C26H31ClF2N6O4. The summed E-state index contributed by atoms with van der Waals surface area (Å²) in [5.41, 5.74) is -0.622. The number of likely N-dealkylation sites (tertiary alicyclic amines) is 1. The molecule has 3 N–H and O–H groups in total. The summed E-state index contributed by atoms with van der Waals surface area (Å²) >= 11 is 4.88. The fourth-order valence-corrected chi connectivity index (χ4v) is 5.91. The Morgan fingerprint density at radius 2 is 1.97 bits per heavy atom. The van der Waals surface area contributed by atoms with Crippen LogP contribution >= 0.6 is 11.6 Å². The number of hydrogen-bond acceptors (Lipinski definition) is 6. The Hall–Kier alpha value is -3.33. The molecule has 3 aliphatic rings. The molecule has 210 valence electrons. The number of carbonyl (C=O) groups excluding carboxylic acids is 4. The van der Waals surface area contributed by atoms with Gasteiger partial charge in [-0.1, -0.05) is 40.7 Å². The summed E-state index contributed by atoms with van der Waals surface area (Å²) in [6.45, 7) is 8.93. The molecule has 39 heavy (non-hydrogen) atoms. The van der Waals surface area contributed by atoms with Crippen LogP contribution in [-0.4, -0.2) is 63.6 Å². The van der Waals surface area contributed by atoms with E-state index < -0.39 is 52.6 Å². The number of hydrogen-bond donors (Lipinski definition) is 3. The van der Waals surface area contributed by atoms with Crippen LogP contribution in [0.4, 0.5) is 14.6 Å². The van der Waals surface area contributed by atoms with E-state index in [2.05, 4.69) is 20.9 Å². The number of amides is 4. The number of fused-ring (bicyclic) bond motifs is 2. The van der Waals surface area contributed by atoms with E-state index in [1.807, 2.05) is 19.9 Å². The maximum atomic E-state index is 13.7. The number of carbonyl (C=O) groups is 4. The van der Waals surface area contributed by atoms with Gasteiger partial charge in [-0.15, -0.1) is 0 Å². The molecule has 2 fully saturated rings. The molecule has 4 rings (SSSR count). The number of piperidine rings is 1. The van der Waals surface area contributed by atoms with Crippen molar-refractivity contribution in [3.8, 4) is 6.07 Å². The number of nitriles is 1. The van der Waals surface area contributed by atoms with Gasteiger partial charge in [0.25, 0.3) is 0 Å². The summed E-state index contributed by atoms with van der Waals surface area (Å²) in [5.74, 6) is -3.96. The molecule has 0 spiro atoms. The topological polar surface area (TPSA) is 144 Å². The van der Waals surface area contributed by atoms with E-state index in [9.17, 15) is 33.2 Å². The minimum atomic E-state index is -4.21. The number of rotatable bonds is 7. The summed E-state index contributed by atoms with van der Waals surface area (Å²) in [4.78, 5) is 57.2. The van der Waals surface area contributed by atoms with Gasteiger partial charge in [0.2, 0.25) is 17.7 Å². The van der Waals surface area contributed by atoms with Crippen molar-refractivity contribution in [2.75, 3.05) is 11.9 Å². The third-order valence-electron chi connectivity index (χ3n) is 8.12. The third kappa shape index (κ3) is 5.29. The molecular weight excluding hydrogens is 534 g/mol. The van der Waals surface area contributed by atoms with Crippen LogP contribution in [0, 0.1) is 34.0 Å². The first-order valence-electron chi connectivity index (χ1n) is 12.6. The maximum Gasteiger partial charge on any atom is 0.399 e. The Balaban J connectivity index is 1.54. The molecule has 1 aromatic heterocycles. The molecule has 0 radical (unpaired) electrons. The van der Waals surface area contributed by atoms with Gasteiger partial charge >= 0.3 is 11.3 Å². The van der Waals surface area contributed by atoms with E-state index in [4.69, 9.17) is 11.6 Å². The quantitative estimate of drug-likeness (QED) is 0.434. The van der Waals surface area contributed by atoms with Crippen molar-refractivity contribution in [3.05, 3.63) is 23.9 Å². The summed E-state index contributed by atoms with van der Waals surface area (Å²) in [6, 6.07) is 2.00. The fraction of sp³-hybridized carbons (Fsp3) is 0.615. The van der Waals surface area contributed by atoms with Crippen LogP contribution in [0.2, 0.25) is 0 Å². The highest BCUT2D eigenvalue weighted by molar-refractivity contribution is 6.32. The van der Waals surface area contributed by atoms with Crippen LogP contribution in [0.25, 0.3) is 0 Å². The zero-order chi connectivity index (χ0) is 29.1. The number of halogens is 3. The third-order valence-corrected chi connectivity index (χ3v) is 8.29. The van der Waals surface area contributed by atoms with Crippen LogP contribution in [0.15, 0.2) is 18.3 Å². The molecule has 4 amide bonds. The van der Waals surface area contributed by atoms with Gasteiger partial charge in [-0.25, -0.2) is 4.98 Å². The van der Waals surface area contributed by atoms with Gasteiger partial charge in [0.05, 0.1) is 12.0 Å². The standard InChI is InChI=1S/C26H31ClF2N6O4/c1-24(2,3)18(33-23(39)26(27,28)29)22(38)35-11-15-16(25(15,4)5)17(35)21(37)32-12(10-30)9-14-13-7-6-8-31-19(13)34-20(14)36/h6-8,12,14-18H,9,11H2,1-5H3,(H,32,37)(H,33,39)(H,31,34,36)/t12-,14?,15-,16-,17-,18?/m0/s1. The molecule has 1 saturated heterocycles. The summed E-state index contributed by atoms with van der Waals surface area (Å²) < 4.78 is 26.9. The Kier molecular flexibility index (Phi) is 7.13. The van der Waals surface area contributed by atoms with Crippen molar-refractivity contribution < 1.29 is 28.0 Å². The van der Waals surface area contributed by atoms with E-state index in [0.29, 0.717) is 11.4 Å². The van der Waals surface area contributed by atoms with E-state index >= 15 is 0 Å². The van der Waals surface area contributed by atoms with Crippen LogP contribution < -0.4 is 16.0 Å². The molecule has 2 unspecified atom stereocenters. The lowest BCUT2D eigenvalue weighted by molar-refractivity contribution is -0.148. The van der Waals surface area contributed by atoms with Crippen molar-refractivity contribution in [3.63, 3.8) is 0 Å². The fourth-order valence-electron chi connectivity index (χ4n) is 5.86. The number of nitrogens with zero attached hydrogens (tertiary/aromatic N) is 3. The molecule has 2 aliphatic heterocycles. The predicted octanol–water partition coefficient (Wildman–Crippen LogP) is 2.36. The smallest absolute Gasteiger partial charge is 0.339 e. The Labute approximate surface area is 229 Å². The van der Waals surface area contributed by atoms with Gasteiger partial charge in [-0.2, -0.15) is 14.0 Å². The highest BCUT2D eigenvalue weighted by Gasteiger charge is 2.70. The van der Waals surface area contributed by atoms with Crippen LogP contribution in [0.5, 0.6) is 0 Å². The minimum absolute atomic E-state index is 0.00357. The molecule has 10 nitrogen and oxygen atoms in total. The number of aromatic nitrogens is 1. The van der Waals surface area contributed by atoms with Gasteiger partial charge in [-0.3, -0.25) is 19.2 Å². The molecule has 0 aromatic carbocycles. The number of alkyl halides is 3. The second-order valence-corrected chi connectivity index (χ2v) is 12.5. The average Bonchev–Trinajstić information content (AvgIpc) is 3.15. The zero-order valence-electron chi connectivity index (χ0n) is 22.2. The SMILES string of the molecule is CC(C)(C)C(NC(=O)C(F)(F)Cl)C(=O)N1C[C@H]2[C@@H]([C@H]1C(=O)N[C@H](C#N)CC1C(=O)Nc3ncccc31)C2(C)C. The average molecular weight is 565 g/mol. The summed E-state index contributed by atoms with van der Waals surface area (Å²) in [7, 11) is 0. The predicted molar refractivity (Wildman–Crippen MR) is 136 cm³/mol. The van der Waals surface area contributed by atoms with Crippen molar-refractivity contribution >= 4 is 41.0 Å². The Morgan fingerprint density at radius 1 is 1.31 bits per heavy atom. The molecule has 6 atom stereocenters. The summed E-state index contributed by atoms with van der Waals surface area (Å²) in [5, 5.41) is 13.0. The van der Waals surface area contributed by atoms with Gasteiger partial charge in [0, 0.05) is 18.3 Å². The highest BCUT2D eigenvalue weighted by Crippen LogP contribution is 2.65. The second-order valence-electron chi connectivity index (χ2n) is 12.1. The number of anilines is 1. The van der Waals surface area contributed by atoms with E-state index in [0.717, 1.165) is 0 Å². The first kappa shape index (κ1) is 28.7. The van der Waals surface area contributed by atoms with Crippen LogP contribution in [0.3, 0.4) is 0 Å². The van der Waals surface area contributed by atoms with Crippen molar-refractivity contribution in [1.82, 2.24) is 20.5 Å². The van der Waals surface area contributed by atoms with Crippen molar-refractivity contribution in [1.29, 1.82) is 5.26 Å². The maximum absolute atomic E-state index is 13.7. The second kappa shape index (κ2) is 9.70. The lowest BCUT2D eigenvalue weighted by Gasteiger charge is -2.38. The van der Waals surface area contributed by atoms with E-state index in [1.54, 1.807) is 32.9 Å². The van der Waals surface area contributed by atoms with Gasteiger partial charge in [0.15, 0.2) is 0 Å². The molecule has 0 bridgehead atoms. The van der Waals surface area contributed by atoms with Gasteiger partial charge in [-0.05, 0) is 46.8 Å². The molecule has 13 heteroatoms. The number of nitrogens with one attached hydrogen (secondary N) is 3. The lowest BCUT2D eigenvalue weighted by atomic mass is 9.85.